The van der Waals surface area contributed by atoms with Crippen LogP contribution in [-0.4, -0.2) is 22.4 Å². The fourth-order valence-electron chi connectivity index (χ4n) is 2.12. The molecule has 0 saturated carbocycles. The first-order valence-electron chi connectivity index (χ1n) is 7.58. The van der Waals surface area contributed by atoms with Gasteiger partial charge in [-0.25, -0.2) is 4.98 Å². The van der Waals surface area contributed by atoms with E-state index in [4.69, 9.17) is 0 Å². The molecule has 0 aromatic carbocycles. The van der Waals surface area contributed by atoms with Crippen LogP contribution in [0.2, 0.25) is 0 Å². The van der Waals surface area contributed by atoms with E-state index in [1.54, 1.807) is 28.9 Å². The Morgan fingerprint density at radius 2 is 2.17 bits per heavy atom. The number of aromatic nitrogens is 2. The van der Waals surface area contributed by atoms with Crippen molar-refractivity contribution in [1.82, 2.24) is 15.3 Å². The first kappa shape index (κ1) is 16.5. The highest BCUT2D eigenvalue weighted by molar-refractivity contribution is 7.13. The van der Waals surface area contributed by atoms with Gasteiger partial charge in [-0.3, -0.25) is 9.78 Å². The van der Waals surface area contributed by atoms with Gasteiger partial charge in [0.15, 0.2) is 0 Å². The second kappa shape index (κ2) is 7.99. The van der Waals surface area contributed by atoms with Crippen molar-refractivity contribution in [1.29, 1.82) is 0 Å². The molecule has 3 aromatic rings. The first-order valence-corrected chi connectivity index (χ1v) is 9.34. The molecule has 0 radical (unpaired) electrons. The van der Waals surface area contributed by atoms with Crippen LogP contribution in [0.15, 0.2) is 52.9 Å². The predicted octanol–water partition coefficient (Wildman–Crippen LogP) is 4.03. The zero-order chi connectivity index (χ0) is 16.8. The van der Waals surface area contributed by atoms with Crippen molar-refractivity contribution < 1.29 is 4.79 Å². The lowest BCUT2D eigenvalue weighted by molar-refractivity contribution is -0.117. The lowest BCUT2D eigenvalue weighted by Crippen LogP contribution is -2.26. The van der Waals surface area contributed by atoms with Gasteiger partial charge in [-0.05, 0) is 36.6 Å². The maximum Gasteiger partial charge on any atom is 0.246 e. The van der Waals surface area contributed by atoms with Crippen LogP contribution in [0.4, 0.5) is 0 Å². The molecule has 0 aliphatic heterocycles. The van der Waals surface area contributed by atoms with Crippen LogP contribution in [-0.2, 0) is 11.2 Å². The van der Waals surface area contributed by atoms with E-state index in [0.717, 1.165) is 21.3 Å². The molecule has 4 nitrogen and oxygen atoms in total. The SMILES string of the molecule is C/C(=C\c1cccs1)C(=O)NCCc1csc(-c2ccccn2)n1. The number of pyridine rings is 1. The third-order valence-corrected chi connectivity index (χ3v) is 5.10. The van der Waals surface area contributed by atoms with Crippen molar-refractivity contribution >= 4 is 34.7 Å². The van der Waals surface area contributed by atoms with E-state index in [1.165, 1.54) is 0 Å². The van der Waals surface area contributed by atoms with Crippen LogP contribution in [0.3, 0.4) is 0 Å². The van der Waals surface area contributed by atoms with Crippen molar-refractivity contribution in [2.45, 2.75) is 13.3 Å². The minimum absolute atomic E-state index is 0.0384. The van der Waals surface area contributed by atoms with E-state index >= 15 is 0 Å². The molecule has 122 valence electrons. The normalized spacial score (nSPS) is 11.5. The standard InChI is InChI=1S/C18H17N3OS2/c1-13(11-15-5-4-10-23-15)17(22)20-9-7-14-12-24-18(21-14)16-6-2-3-8-19-16/h2-6,8,10-12H,7,9H2,1H3,(H,20,22)/b13-11+. The fourth-order valence-corrected chi connectivity index (χ4v) is 3.67. The van der Waals surface area contributed by atoms with E-state index < -0.39 is 0 Å². The molecule has 3 aromatic heterocycles. The first-order chi connectivity index (χ1) is 11.7. The number of carbonyl (C=O) groups is 1. The summed E-state index contributed by atoms with van der Waals surface area (Å²) in [7, 11) is 0. The quantitative estimate of drug-likeness (QED) is 0.679. The maximum atomic E-state index is 12.1. The van der Waals surface area contributed by atoms with Crippen LogP contribution in [0, 0.1) is 0 Å². The van der Waals surface area contributed by atoms with Gasteiger partial charge in [-0.1, -0.05) is 12.1 Å². The monoisotopic (exact) mass is 355 g/mol. The fraction of sp³-hybridized carbons (Fsp3) is 0.167. The molecule has 0 saturated heterocycles. The Labute approximate surface area is 148 Å². The average molecular weight is 355 g/mol. The number of hydrogen-bond acceptors (Lipinski definition) is 5. The van der Waals surface area contributed by atoms with Crippen LogP contribution < -0.4 is 5.32 Å². The van der Waals surface area contributed by atoms with Gasteiger partial charge in [0.05, 0.1) is 11.4 Å². The Bertz CT molecular complexity index is 823. The summed E-state index contributed by atoms with van der Waals surface area (Å²) < 4.78 is 0. The van der Waals surface area contributed by atoms with Gasteiger partial charge < -0.3 is 5.32 Å². The smallest absolute Gasteiger partial charge is 0.246 e. The number of thiophene rings is 1. The van der Waals surface area contributed by atoms with Gasteiger partial charge >= 0.3 is 0 Å². The van der Waals surface area contributed by atoms with Crippen molar-refractivity contribution in [3.63, 3.8) is 0 Å². The number of carbonyl (C=O) groups excluding carboxylic acids is 1. The summed E-state index contributed by atoms with van der Waals surface area (Å²) in [4.78, 5) is 22.0. The third-order valence-electron chi connectivity index (χ3n) is 3.36. The molecular formula is C18H17N3OS2. The minimum atomic E-state index is -0.0384. The molecule has 0 bridgehead atoms. The average Bonchev–Trinajstić information content (AvgIpc) is 3.27. The van der Waals surface area contributed by atoms with Crippen molar-refractivity contribution in [3.8, 4) is 10.7 Å². The Morgan fingerprint density at radius 1 is 1.25 bits per heavy atom. The highest BCUT2D eigenvalue weighted by atomic mass is 32.1. The van der Waals surface area contributed by atoms with E-state index in [1.807, 2.05) is 54.1 Å². The molecule has 3 heterocycles. The van der Waals surface area contributed by atoms with Gasteiger partial charge in [0.1, 0.15) is 5.01 Å². The second-order valence-electron chi connectivity index (χ2n) is 5.21. The summed E-state index contributed by atoms with van der Waals surface area (Å²) in [6.45, 7) is 2.40. The Balaban J connectivity index is 1.52. The van der Waals surface area contributed by atoms with E-state index in [2.05, 4.69) is 15.3 Å². The zero-order valence-corrected chi connectivity index (χ0v) is 14.9. The van der Waals surface area contributed by atoms with Crippen LogP contribution in [0.5, 0.6) is 0 Å². The van der Waals surface area contributed by atoms with Gasteiger partial charge in [-0.15, -0.1) is 22.7 Å². The highest BCUT2D eigenvalue weighted by Gasteiger charge is 2.07. The van der Waals surface area contributed by atoms with E-state index in [-0.39, 0.29) is 5.91 Å². The number of nitrogens with zero attached hydrogens (tertiary/aromatic N) is 2. The highest BCUT2D eigenvalue weighted by Crippen LogP contribution is 2.21. The molecule has 1 N–H and O–H groups in total. The Morgan fingerprint density at radius 3 is 2.92 bits per heavy atom. The third kappa shape index (κ3) is 4.37. The molecule has 0 aliphatic rings. The molecule has 3 rings (SSSR count). The van der Waals surface area contributed by atoms with Crippen LogP contribution in [0.1, 0.15) is 17.5 Å². The summed E-state index contributed by atoms with van der Waals surface area (Å²) in [5.74, 6) is -0.0384. The summed E-state index contributed by atoms with van der Waals surface area (Å²) in [5, 5.41) is 7.86. The van der Waals surface area contributed by atoms with Crippen molar-refractivity contribution in [3.05, 3.63) is 63.4 Å². The number of thiazole rings is 1. The van der Waals surface area contributed by atoms with E-state index in [9.17, 15) is 4.79 Å². The summed E-state index contributed by atoms with van der Waals surface area (Å²) in [6.07, 6.45) is 4.38. The summed E-state index contributed by atoms with van der Waals surface area (Å²) >= 11 is 3.19. The number of amides is 1. The van der Waals surface area contributed by atoms with Gasteiger partial charge in [0.2, 0.25) is 5.91 Å². The summed E-state index contributed by atoms with van der Waals surface area (Å²) in [5.41, 5.74) is 2.57. The zero-order valence-electron chi connectivity index (χ0n) is 13.2. The molecule has 0 aliphatic carbocycles. The molecule has 6 heteroatoms. The topological polar surface area (TPSA) is 54.9 Å². The van der Waals surface area contributed by atoms with Crippen LogP contribution in [0.25, 0.3) is 16.8 Å². The van der Waals surface area contributed by atoms with Gasteiger partial charge in [0.25, 0.3) is 0 Å². The molecule has 0 unspecified atom stereocenters. The lowest BCUT2D eigenvalue weighted by atomic mass is 10.2. The van der Waals surface area contributed by atoms with E-state index in [0.29, 0.717) is 18.5 Å². The predicted molar refractivity (Wildman–Crippen MR) is 100 cm³/mol. The molecular weight excluding hydrogens is 338 g/mol. The van der Waals surface area contributed by atoms with Gasteiger partial charge in [-0.2, -0.15) is 0 Å². The maximum absolute atomic E-state index is 12.1. The molecule has 1 amide bonds. The van der Waals surface area contributed by atoms with Crippen molar-refractivity contribution in [2.24, 2.45) is 0 Å². The second-order valence-corrected chi connectivity index (χ2v) is 7.05. The lowest BCUT2D eigenvalue weighted by Gasteiger charge is -2.04. The Hall–Kier alpha value is -2.31. The Kier molecular flexibility index (Phi) is 5.51. The molecule has 0 spiro atoms. The number of hydrogen-bond donors (Lipinski definition) is 1. The largest absolute Gasteiger partial charge is 0.352 e. The number of nitrogens with one attached hydrogen (secondary N) is 1. The minimum Gasteiger partial charge on any atom is -0.352 e. The molecule has 24 heavy (non-hydrogen) atoms. The van der Waals surface area contributed by atoms with Gasteiger partial charge in [0, 0.05) is 35.0 Å². The van der Waals surface area contributed by atoms with Crippen LogP contribution >= 0.6 is 22.7 Å². The molecule has 0 fully saturated rings. The van der Waals surface area contributed by atoms with Crippen molar-refractivity contribution in [2.75, 3.05) is 6.54 Å². The molecule has 0 atom stereocenters. The number of rotatable bonds is 6. The summed E-state index contributed by atoms with van der Waals surface area (Å²) in [6, 6.07) is 9.76.